The minimum atomic E-state index is -4.57. The van der Waals surface area contributed by atoms with Crippen LogP contribution in [0.3, 0.4) is 0 Å². The van der Waals surface area contributed by atoms with Crippen LogP contribution in [0.4, 0.5) is 17.6 Å². The minimum Gasteiger partial charge on any atom is -0.394 e. The van der Waals surface area contributed by atoms with E-state index in [2.05, 4.69) is 5.10 Å². The largest absolute Gasteiger partial charge is 0.416 e. The Kier molecular flexibility index (Phi) is 5.42. The first kappa shape index (κ1) is 19.5. The lowest BCUT2D eigenvalue weighted by molar-refractivity contribution is -0.137. The summed E-state index contributed by atoms with van der Waals surface area (Å²) in [7, 11) is 0. The van der Waals surface area contributed by atoms with E-state index in [-0.39, 0.29) is 11.3 Å². The van der Waals surface area contributed by atoms with Gasteiger partial charge < -0.3 is 15.9 Å². The van der Waals surface area contributed by atoms with Crippen molar-refractivity contribution in [1.29, 1.82) is 0 Å². The van der Waals surface area contributed by atoms with Gasteiger partial charge in [0.25, 0.3) is 11.5 Å². The van der Waals surface area contributed by atoms with Gasteiger partial charge in [-0.25, -0.2) is 9.07 Å². The Hall–Kier alpha value is -2.79. The normalized spacial score (nSPS) is 14.1. The molecule has 0 saturated heterocycles. The zero-order valence-electron chi connectivity index (χ0n) is 12.9. The van der Waals surface area contributed by atoms with E-state index in [9.17, 15) is 27.2 Å². The number of carbonyl (C=O) groups is 1. The number of alkyl halides is 4. The standard InChI is InChI=1S/C15H13F4N3O4/c16-12(24)11(6-23)22-14(26)9(13(20)25)5-10(21-22)7-1-3-8(4-2-7)15(17,18)19/h1-5,11-12,23-24H,6H2,(H2,20,25). The number of benzene rings is 1. The van der Waals surface area contributed by atoms with Crippen LogP contribution in [-0.4, -0.2) is 38.9 Å². The predicted molar refractivity (Wildman–Crippen MR) is 80.7 cm³/mol. The molecule has 1 heterocycles. The maximum Gasteiger partial charge on any atom is 0.416 e. The molecule has 0 saturated carbocycles. The average Bonchev–Trinajstić information content (AvgIpc) is 2.55. The summed E-state index contributed by atoms with van der Waals surface area (Å²) < 4.78 is 51.5. The maximum atomic E-state index is 13.2. The number of hydrogen-bond acceptors (Lipinski definition) is 5. The van der Waals surface area contributed by atoms with Crippen molar-refractivity contribution in [3.63, 3.8) is 0 Å². The van der Waals surface area contributed by atoms with Crippen molar-refractivity contribution >= 4 is 5.91 Å². The molecule has 0 fully saturated rings. The van der Waals surface area contributed by atoms with E-state index in [0.29, 0.717) is 4.68 Å². The number of aliphatic hydroxyl groups excluding tert-OH is 2. The van der Waals surface area contributed by atoms with Crippen LogP contribution in [0.2, 0.25) is 0 Å². The second-order valence-electron chi connectivity index (χ2n) is 5.25. The van der Waals surface area contributed by atoms with Crippen LogP contribution in [0.15, 0.2) is 35.1 Å². The van der Waals surface area contributed by atoms with Gasteiger partial charge in [-0.2, -0.15) is 18.3 Å². The van der Waals surface area contributed by atoms with Crippen molar-refractivity contribution in [2.75, 3.05) is 6.61 Å². The average molecular weight is 375 g/mol. The first-order valence-corrected chi connectivity index (χ1v) is 7.10. The first-order valence-electron chi connectivity index (χ1n) is 7.10. The molecule has 0 radical (unpaired) electrons. The van der Waals surface area contributed by atoms with Gasteiger partial charge in [0.2, 0.25) is 6.36 Å². The lowest BCUT2D eigenvalue weighted by Crippen LogP contribution is -2.38. The van der Waals surface area contributed by atoms with Gasteiger partial charge in [-0.3, -0.25) is 9.59 Å². The van der Waals surface area contributed by atoms with Crippen molar-refractivity contribution in [1.82, 2.24) is 9.78 Å². The Morgan fingerprint density at radius 1 is 1.27 bits per heavy atom. The molecular formula is C15H13F4N3O4. The number of nitrogens with two attached hydrogens (primary N) is 1. The number of aromatic nitrogens is 2. The van der Waals surface area contributed by atoms with Gasteiger partial charge in [-0.15, -0.1) is 0 Å². The fraction of sp³-hybridized carbons (Fsp3) is 0.267. The van der Waals surface area contributed by atoms with E-state index in [1.54, 1.807) is 0 Å². The monoisotopic (exact) mass is 375 g/mol. The second kappa shape index (κ2) is 7.22. The molecule has 1 amide bonds. The van der Waals surface area contributed by atoms with E-state index in [1.165, 1.54) is 0 Å². The van der Waals surface area contributed by atoms with Gasteiger partial charge >= 0.3 is 6.18 Å². The van der Waals surface area contributed by atoms with E-state index in [1.807, 2.05) is 0 Å². The van der Waals surface area contributed by atoms with Gasteiger partial charge in [-0.1, -0.05) is 12.1 Å². The zero-order valence-corrected chi connectivity index (χ0v) is 12.9. The number of amides is 1. The van der Waals surface area contributed by atoms with Crippen molar-refractivity contribution in [3.05, 3.63) is 51.8 Å². The van der Waals surface area contributed by atoms with Crippen molar-refractivity contribution in [2.45, 2.75) is 18.6 Å². The summed E-state index contributed by atoms with van der Waals surface area (Å²) in [6.45, 7) is -1.03. The van der Waals surface area contributed by atoms with Crippen LogP contribution in [-0.2, 0) is 6.18 Å². The van der Waals surface area contributed by atoms with Crippen molar-refractivity contribution in [3.8, 4) is 11.3 Å². The molecule has 2 aromatic rings. The van der Waals surface area contributed by atoms with Crippen molar-refractivity contribution in [2.24, 2.45) is 5.73 Å². The minimum absolute atomic E-state index is 0.0688. The Labute approximate surface area is 143 Å². The highest BCUT2D eigenvalue weighted by atomic mass is 19.4. The van der Waals surface area contributed by atoms with Crippen LogP contribution >= 0.6 is 0 Å². The Morgan fingerprint density at radius 2 is 1.85 bits per heavy atom. The Morgan fingerprint density at radius 3 is 2.27 bits per heavy atom. The molecular weight excluding hydrogens is 362 g/mol. The highest BCUT2D eigenvalue weighted by Gasteiger charge is 2.30. The first-order chi connectivity index (χ1) is 12.1. The molecule has 2 rings (SSSR count). The number of carbonyl (C=O) groups excluding carboxylic acids is 1. The summed E-state index contributed by atoms with van der Waals surface area (Å²) in [5.41, 5.74) is 2.25. The van der Waals surface area contributed by atoms with Gasteiger partial charge in [-0.05, 0) is 18.2 Å². The zero-order chi connectivity index (χ0) is 19.6. The summed E-state index contributed by atoms with van der Waals surface area (Å²) in [6.07, 6.45) is -7.25. The molecule has 2 unspecified atom stereocenters. The van der Waals surface area contributed by atoms with Gasteiger partial charge in [0.15, 0.2) is 0 Å². The molecule has 2 atom stereocenters. The quantitative estimate of drug-likeness (QED) is 0.670. The lowest BCUT2D eigenvalue weighted by Gasteiger charge is -2.18. The topological polar surface area (TPSA) is 118 Å². The van der Waals surface area contributed by atoms with Crippen LogP contribution in [0.25, 0.3) is 11.3 Å². The molecule has 0 spiro atoms. The maximum absolute atomic E-state index is 13.2. The van der Waals surface area contributed by atoms with E-state index in [4.69, 9.17) is 15.9 Å². The SMILES string of the molecule is NC(=O)c1cc(-c2ccc(C(F)(F)F)cc2)nn(C(CO)C(O)F)c1=O. The lowest BCUT2D eigenvalue weighted by atomic mass is 10.1. The van der Waals surface area contributed by atoms with E-state index >= 15 is 0 Å². The number of rotatable bonds is 5. The van der Waals surface area contributed by atoms with Crippen LogP contribution < -0.4 is 11.3 Å². The van der Waals surface area contributed by atoms with Crippen LogP contribution in [0.1, 0.15) is 22.0 Å². The third-order valence-corrected chi connectivity index (χ3v) is 3.53. The molecule has 0 aliphatic carbocycles. The third-order valence-electron chi connectivity index (χ3n) is 3.53. The molecule has 11 heteroatoms. The Bertz CT molecular complexity index is 863. The highest BCUT2D eigenvalue weighted by Crippen LogP contribution is 2.30. The van der Waals surface area contributed by atoms with Gasteiger partial charge in [0, 0.05) is 5.56 Å². The Balaban J connectivity index is 2.64. The summed E-state index contributed by atoms with van der Waals surface area (Å²) in [4.78, 5) is 23.6. The molecule has 1 aromatic carbocycles. The fourth-order valence-corrected chi connectivity index (χ4v) is 2.17. The molecule has 0 aliphatic heterocycles. The summed E-state index contributed by atoms with van der Waals surface area (Å²) in [5.74, 6) is -1.19. The van der Waals surface area contributed by atoms with E-state index < -0.39 is 47.8 Å². The number of halogens is 4. The molecule has 140 valence electrons. The highest BCUT2D eigenvalue weighted by molar-refractivity contribution is 5.93. The number of primary amides is 1. The number of nitrogens with zero attached hydrogens (tertiary/aromatic N) is 2. The second-order valence-corrected chi connectivity index (χ2v) is 5.25. The molecule has 0 aliphatic rings. The van der Waals surface area contributed by atoms with Crippen molar-refractivity contribution < 1.29 is 32.6 Å². The molecule has 1 aromatic heterocycles. The van der Waals surface area contributed by atoms with Crippen LogP contribution in [0, 0.1) is 0 Å². The molecule has 0 bridgehead atoms. The molecule has 4 N–H and O–H groups in total. The number of hydrogen-bond donors (Lipinski definition) is 3. The molecule has 7 nitrogen and oxygen atoms in total. The summed E-state index contributed by atoms with van der Waals surface area (Å²) in [5, 5.41) is 21.9. The summed E-state index contributed by atoms with van der Waals surface area (Å²) >= 11 is 0. The predicted octanol–water partition coefficient (Wildman–Crippen LogP) is 0.849. The van der Waals surface area contributed by atoms with Gasteiger partial charge in [0.05, 0.1) is 17.9 Å². The smallest absolute Gasteiger partial charge is 0.394 e. The molecule has 26 heavy (non-hydrogen) atoms. The van der Waals surface area contributed by atoms with Gasteiger partial charge in [0.1, 0.15) is 11.6 Å². The number of aliphatic hydroxyl groups is 2. The van der Waals surface area contributed by atoms with E-state index in [0.717, 1.165) is 30.3 Å². The summed E-state index contributed by atoms with van der Waals surface area (Å²) in [6, 6.07) is 2.68. The fourth-order valence-electron chi connectivity index (χ4n) is 2.17. The van der Waals surface area contributed by atoms with Crippen LogP contribution in [0.5, 0.6) is 0 Å². The third kappa shape index (κ3) is 3.89.